The number of benzene rings is 1. The maximum absolute atomic E-state index is 12.1. The zero-order valence-corrected chi connectivity index (χ0v) is 11.7. The molecule has 1 aromatic heterocycles. The second kappa shape index (κ2) is 5.44. The third-order valence-corrected chi connectivity index (χ3v) is 3.58. The Bertz CT molecular complexity index is 798. The molecule has 22 heavy (non-hydrogen) atoms. The minimum atomic E-state index is -0.658. The van der Waals surface area contributed by atoms with Gasteiger partial charge >= 0.3 is 0 Å². The summed E-state index contributed by atoms with van der Waals surface area (Å²) in [5.41, 5.74) is 5.36. The van der Waals surface area contributed by atoms with Gasteiger partial charge in [-0.2, -0.15) is 0 Å². The molecule has 1 unspecified atom stereocenters. The number of hydrogen-bond donors (Lipinski definition) is 2. The molecule has 0 saturated carbocycles. The molecule has 7 heteroatoms. The summed E-state index contributed by atoms with van der Waals surface area (Å²) in [6.45, 7) is 0. The molecule has 0 fully saturated rings. The largest absolute Gasteiger partial charge is 0.368 e. The third-order valence-electron chi connectivity index (χ3n) is 3.58. The number of nitrogens with two attached hydrogens (primary N) is 1. The predicted molar refractivity (Wildman–Crippen MR) is 79.4 cm³/mol. The zero-order chi connectivity index (χ0) is 15.7. The highest BCUT2D eigenvalue weighted by Gasteiger charge is 2.29. The predicted octanol–water partition coefficient (Wildman–Crippen LogP) is 0.468. The van der Waals surface area contributed by atoms with Crippen molar-refractivity contribution in [1.82, 2.24) is 9.55 Å². The number of carbonyl (C=O) groups is 2. The Hall–Kier alpha value is -2.96. The summed E-state index contributed by atoms with van der Waals surface area (Å²) in [6.07, 6.45) is 0.922. The summed E-state index contributed by atoms with van der Waals surface area (Å²) in [6, 6.07) is 9.17. The monoisotopic (exact) mass is 298 g/mol. The molecule has 3 N–H and O–H groups in total. The molecular weight excluding hydrogens is 284 g/mol. The third kappa shape index (κ3) is 2.48. The number of primary amides is 1. The van der Waals surface area contributed by atoms with Crippen LogP contribution in [0, 0.1) is 0 Å². The SMILES string of the molecule is NC(=O)C1CCc2nc(NC(=O)c3ccccc3)cc(=O)n21. The fourth-order valence-corrected chi connectivity index (χ4v) is 2.56. The molecule has 2 heterocycles. The van der Waals surface area contributed by atoms with Crippen LogP contribution in [0.15, 0.2) is 41.2 Å². The number of carbonyl (C=O) groups excluding carboxylic acids is 2. The molecule has 112 valence electrons. The van der Waals surface area contributed by atoms with Crippen LogP contribution in [0.1, 0.15) is 28.6 Å². The van der Waals surface area contributed by atoms with E-state index in [9.17, 15) is 14.4 Å². The number of rotatable bonds is 3. The Labute approximate surface area is 125 Å². The molecule has 0 aliphatic carbocycles. The van der Waals surface area contributed by atoms with Gasteiger partial charge in [0.15, 0.2) is 0 Å². The zero-order valence-electron chi connectivity index (χ0n) is 11.7. The number of nitrogens with zero attached hydrogens (tertiary/aromatic N) is 2. The first-order valence-corrected chi connectivity index (χ1v) is 6.84. The van der Waals surface area contributed by atoms with Gasteiger partial charge in [0.25, 0.3) is 11.5 Å². The fourth-order valence-electron chi connectivity index (χ4n) is 2.56. The topological polar surface area (TPSA) is 107 Å². The molecule has 1 aromatic carbocycles. The van der Waals surface area contributed by atoms with Crippen LogP contribution < -0.4 is 16.6 Å². The highest BCUT2D eigenvalue weighted by Crippen LogP contribution is 2.22. The van der Waals surface area contributed by atoms with E-state index in [0.29, 0.717) is 24.2 Å². The molecule has 7 nitrogen and oxygen atoms in total. The number of aryl methyl sites for hydroxylation is 1. The molecule has 2 aromatic rings. The standard InChI is InChI=1S/C15H14N4O3/c16-14(21)10-6-7-12-17-11(8-13(20)19(10)12)18-15(22)9-4-2-1-3-5-9/h1-5,8,10H,6-7H2,(H2,16,21)(H,18,22). The van der Waals surface area contributed by atoms with Crippen molar-refractivity contribution < 1.29 is 9.59 Å². The summed E-state index contributed by atoms with van der Waals surface area (Å²) in [7, 11) is 0. The maximum Gasteiger partial charge on any atom is 0.256 e. The first-order chi connectivity index (χ1) is 10.6. The smallest absolute Gasteiger partial charge is 0.256 e. The second-order valence-corrected chi connectivity index (χ2v) is 5.04. The Morgan fingerprint density at radius 3 is 2.68 bits per heavy atom. The van der Waals surface area contributed by atoms with E-state index in [2.05, 4.69) is 10.3 Å². The lowest BCUT2D eigenvalue weighted by Crippen LogP contribution is -2.32. The lowest BCUT2D eigenvalue weighted by molar-refractivity contribution is -0.121. The van der Waals surface area contributed by atoms with Crippen LogP contribution in [0.4, 0.5) is 5.82 Å². The Morgan fingerprint density at radius 1 is 1.27 bits per heavy atom. The van der Waals surface area contributed by atoms with Crippen molar-refractivity contribution in [2.24, 2.45) is 5.73 Å². The lowest BCUT2D eigenvalue weighted by Gasteiger charge is -2.11. The van der Waals surface area contributed by atoms with Crippen molar-refractivity contribution in [3.63, 3.8) is 0 Å². The first-order valence-electron chi connectivity index (χ1n) is 6.84. The molecule has 1 aliphatic rings. The molecule has 0 bridgehead atoms. The lowest BCUT2D eigenvalue weighted by atomic mass is 10.2. The van der Waals surface area contributed by atoms with Gasteiger partial charge in [-0.15, -0.1) is 0 Å². The summed E-state index contributed by atoms with van der Waals surface area (Å²) < 4.78 is 1.29. The van der Waals surface area contributed by atoms with Crippen molar-refractivity contribution in [3.05, 3.63) is 58.1 Å². The van der Waals surface area contributed by atoms with Crippen molar-refractivity contribution in [3.8, 4) is 0 Å². The summed E-state index contributed by atoms with van der Waals surface area (Å²) in [4.78, 5) is 39.8. The minimum Gasteiger partial charge on any atom is -0.368 e. The summed E-state index contributed by atoms with van der Waals surface area (Å²) >= 11 is 0. The molecule has 3 rings (SSSR count). The summed E-state index contributed by atoms with van der Waals surface area (Å²) in [5.74, 6) is -0.263. The Morgan fingerprint density at radius 2 is 2.00 bits per heavy atom. The van der Waals surface area contributed by atoms with Crippen molar-refractivity contribution in [2.45, 2.75) is 18.9 Å². The average molecular weight is 298 g/mol. The van der Waals surface area contributed by atoms with E-state index in [1.54, 1.807) is 30.3 Å². The summed E-state index contributed by atoms with van der Waals surface area (Å²) in [5, 5.41) is 2.59. The fraction of sp³-hybridized carbons (Fsp3) is 0.200. The van der Waals surface area contributed by atoms with Crippen LogP contribution in [-0.4, -0.2) is 21.4 Å². The van der Waals surface area contributed by atoms with Gasteiger partial charge in [-0.3, -0.25) is 19.0 Å². The van der Waals surface area contributed by atoms with E-state index < -0.39 is 17.5 Å². The normalized spacial score (nSPS) is 16.1. The molecule has 1 atom stereocenters. The van der Waals surface area contributed by atoms with Crippen molar-refractivity contribution >= 4 is 17.6 Å². The highest BCUT2D eigenvalue weighted by molar-refractivity contribution is 6.03. The van der Waals surface area contributed by atoms with Crippen LogP contribution in [0.3, 0.4) is 0 Å². The van der Waals surface area contributed by atoms with Gasteiger partial charge in [-0.05, 0) is 18.6 Å². The van der Waals surface area contributed by atoms with Gasteiger partial charge in [0.2, 0.25) is 5.91 Å². The number of nitrogens with one attached hydrogen (secondary N) is 1. The molecule has 0 radical (unpaired) electrons. The van der Waals surface area contributed by atoms with Gasteiger partial charge in [0.05, 0.1) is 0 Å². The molecule has 1 aliphatic heterocycles. The van der Waals surface area contributed by atoms with Crippen molar-refractivity contribution in [2.75, 3.05) is 5.32 Å². The second-order valence-electron chi connectivity index (χ2n) is 5.04. The average Bonchev–Trinajstić information content (AvgIpc) is 2.92. The van der Waals surface area contributed by atoms with Gasteiger partial charge in [-0.25, -0.2) is 4.98 Å². The minimum absolute atomic E-state index is 0.176. The van der Waals surface area contributed by atoms with E-state index in [1.165, 1.54) is 10.6 Å². The van der Waals surface area contributed by atoms with Crippen LogP contribution in [-0.2, 0) is 11.2 Å². The van der Waals surface area contributed by atoms with E-state index >= 15 is 0 Å². The van der Waals surface area contributed by atoms with Crippen LogP contribution in [0.5, 0.6) is 0 Å². The van der Waals surface area contributed by atoms with Gasteiger partial charge in [0.1, 0.15) is 17.7 Å². The Balaban J connectivity index is 1.89. The maximum atomic E-state index is 12.1. The van der Waals surface area contributed by atoms with Crippen LogP contribution in [0.2, 0.25) is 0 Å². The van der Waals surface area contributed by atoms with E-state index in [1.807, 2.05) is 0 Å². The van der Waals surface area contributed by atoms with Crippen LogP contribution in [0.25, 0.3) is 0 Å². The van der Waals surface area contributed by atoms with Gasteiger partial charge in [-0.1, -0.05) is 18.2 Å². The number of hydrogen-bond acceptors (Lipinski definition) is 4. The molecular formula is C15H14N4O3. The van der Waals surface area contributed by atoms with E-state index in [4.69, 9.17) is 5.73 Å². The number of amides is 2. The van der Waals surface area contributed by atoms with Gasteiger partial charge < -0.3 is 11.1 Å². The van der Waals surface area contributed by atoms with Gasteiger partial charge in [0, 0.05) is 18.1 Å². The van der Waals surface area contributed by atoms with Crippen LogP contribution >= 0.6 is 0 Å². The molecule has 2 amide bonds. The van der Waals surface area contributed by atoms with Crippen molar-refractivity contribution in [1.29, 1.82) is 0 Å². The molecule has 0 spiro atoms. The molecule has 0 saturated heterocycles. The van der Waals surface area contributed by atoms with E-state index in [0.717, 1.165) is 0 Å². The quantitative estimate of drug-likeness (QED) is 0.858. The Kier molecular flexibility index (Phi) is 3.46. The number of fused-ring (bicyclic) bond motifs is 1. The van der Waals surface area contributed by atoms with E-state index in [-0.39, 0.29) is 11.7 Å². The first kappa shape index (κ1) is 14.0. The number of anilines is 1. The number of aromatic nitrogens is 2. The highest BCUT2D eigenvalue weighted by atomic mass is 16.2.